The number of Topliss-reactive ketones (excluding diaryl/α,β-unsaturated/α-hetero) is 1. The molecular weight excluding hydrogens is 280 g/mol. The molecule has 3 atom stereocenters. The SMILES string of the molecule is CC(=O)O[C@@H]1[C@H](OC(C)=O)C=C(C(C)=O)C[C@H]1OC(C)=O. The third-order valence-electron chi connectivity index (χ3n) is 2.85. The molecule has 1 aliphatic carbocycles. The lowest BCUT2D eigenvalue weighted by atomic mass is 9.90. The minimum absolute atomic E-state index is 0.102. The van der Waals surface area contributed by atoms with Gasteiger partial charge in [-0.3, -0.25) is 19.2 Å². The van der Waals surface area contributed by atoms with Crippen LogP contribution in [-0.2, 0) is 33.4 Å². The monoisotopic (exact) mass is 298 g/mol. The summed E-state index contributed by atoms with van der Waals surface area (Å²) >= 11 is 0. The molecule has 116 valence electrons. The summed E-state index contributed by atoms with van der Waals surface area (Å²) in [6, 6.07) is 0. The van der Waals surface area contributed by atoms with Crippen molar-refractivity contribution in [3.05, 3.63) is 11.6 Å². The van der Waals surface area contributed by atoms with Gasteiger partial charge < -0.3 is 14.2 Å². The molecule has 0 saturated carbocycles. The molecule has 21 heavy (non-hydrogen) atoms. The zero-order chi connectivity index (χ0) is 16.2. The average Bonchev–Trinajstić information content (AvgIpc) is 2.30. The Hall–Kier alpha value is -2.18. The first-order valence-corrected chi connectivity index (χ1v) is 6.44. The number of rotatable bonds is 4. The highest BCUT2D eigenvalue weighted by molar-refractivity contribution is 5.93. The standard InChI is InChI=1S/C14H18O7/c1-7(15)11-5-12(19-8(2)16)14(21-10(4)18)13(6-11)20-9(3)17/h5,12-14H,6H2,1-4H3/t12-,13-,14-/m1/s1. The van der Waals surface area contributed by atoms with Crippen molar-refractivity contribution >= 4 is 23.7 Å². The average molecular weight is 298 g/mol. The highest BCUT2D eigenvalue weighted by Crippen LogP contribution is 2.27. The first-order valence-electron chi connectivity index (χ1n) is 6.44. The zero-order valence-corrected chi connectivity index (χ0v) is 12.4. The fourth-order valence-electron chi connectivity index (χ4n) is 2.12. The summed E-state index contributed by atoms with van der Waals surface area (Å²) in [5.74, 6) is -2.01. The molecule has 0 heterocycles. The normalized spacial score (nSPS) is 24.6. The largest absolute Gasteiger partial charge is 0.458 e. The molecule has 1 aliphatic rings. The minimum atomic E-state index is -0.974. The van der Waals surface area contributed by atoms with Crippen molar-refractivity contribution in [2.24, 2.45) is 0 Å². The van der Waals surface area contributed by atoms with E-state index in [1.165, 1.54) is 33.8 Å². The minimum Gasteiger partial charge on any atom is -0.458 e. The lowest BCUT2D eigenvalue weighted by Crippen LogP contribution is -2.47. The van der Waals surface area contributed by atoms with Crippen LogP contribution in [0, 0.1) is 0 Å². The number of hydrogen-bond acceptors (Lipinski definition) is 7. The Balaban J connectivity index is 3.12. The van der Waals surface area contributed by atoms with Crippen LogP contribution >= 0.6 is 0 Å². The summed E-state index contributed by atoms with van der Waals surface area (Å²) in [5, 5.41) is 0. The van der Waals surface area contributed by atoms with E-state index in [1.54, 1.807) is 0 Å². The zero-order valence-electron chi connectivity index (χ0n) is 12.4. The third-order valence-corrected chi connectivity index (χ3v) is 2.85. The Kier molecular flexibility index (Phi) is 5.63. The maximum absolute atomic E-state index is 11.5. The molecule has 0 bridgehead atoms. The molecule has 0 aliphatic heterocycles. The second-order valence-corrected chi connectivity index (χ2v) is 4.75. The van der Waals surface area contributed by atoms with E-state index in [0.29, 0.717) is 5.57 Å². The van der Waals surface area contributed by atoms with Crippen molar-refractivity contribution in [1.82, 2.24) is 0 Å². The van der Waals surface area contributed by atoms with E-state index in [2.05, 4.69) is 0 Å². The number of ketones is 1. The quantitative estimate of drug-likeness (QED) is 0.556. The Morgan fingerprint density at radius 1 is 0.905 bits per heavy atom. The number of esters is 3. The molecule has 7 nitrogen and oxygen atoms in total. The van der Waals surface area contributed by atoms with Crippen molar-refractivity contribution in [1.29, 1.82) is 0 Å². The van der Waals surface area contributed by atoms with Gasteiger partial charge in [0.15, 0.2) is 18.0 Å². The van der Waals surface area contributed by atoms with Crippen LogP contribution in [0.5, 0.6) is 0 Å². The Morgan fingerprint density at radius 2 is 1.43 bits per heavy atom. The van der Waals surface area contributed by atoms with Crippen molar-refractivity contribution in [2.45, 2.75) is 52.4 Å². The van der Waals surface area contributed by atoms with E-state index in [1.807, 2.05) is 0 Å². The lowest BCUT2D eigenvalue weighted by Gasteiger charge is -2.34. The summed E-state index contributed by atoms with van der Waals surface area (Å²) < 4.78 is 15.3. The first kappa shape index (κ1) is 16.9. The van der Waals surface area contributed by atoms with E-state index in [-0.39, 0.29) is 12.2 Å². The number of ether oxygens (including phenoxy) is 3. The number of carbonyl (C=O) groups is 4. The van der Waals surface area contributed by atoms with Crippen LogP contribution in [0.1, 0.15) is 34.1 Å². The summed E-state index contributed by atoms with van der Waals surface area (Å²) in [5.41, 5.74) is 0.357. The molecule has 7 heteroatoms. The van der Waals surface area contributed by atoms with Gasteiger partial charge in [0.25, 0.3) is 0 Å². The molecule has 0 saturated heterocycles. The van der Waals surface area contributed by atoms with Crippen LogP contribution in [0.2, 0.25) is 0 Å². The molecule has 0 fully saturated rings. The smallest absolute Gasteiger partial charge is 0.303 e. The molecular formula is C14H18O7. The molecule has 0 amide bonds. The Morgan fingerprint density at radius 3 is 1.86 bits per heavy atom. The maximum atomic E-state index is 11.5. The maximum Gasteiger partial charge on any atom is 0.303 e. The topological polar surface area (TPSA) is 96.0 Å². The van der Waals surface area contributed by atoms with Gasteiger partial charge in [0.05, 0.1) is 0 Å². The Bertz CT molecular complexity index is 492. The second-order valence-electron chi connectivity index (χ2n) is 4.75. The van der Waals surface area contributed by atoms with E-state index < -0.39 is 36.2 Å². The van der Waals surface area contributed by atoms with Crippen molar-refractivity contribution in [3.8, 4) is 0 Å². The molecule has 0 aromatic heterocycles. The van der Waals surface area contributed by atoms with Gasteiger partial charge in [-0.1, -0.05) is 0 Å². The predicted molar refractivity (Wildman–Crippen MR) is 70.0 cm³/mol. The summed E-state index contributed by atoms with van der Waals surface area (Å²) in [6.45, 7) is 4.95. The third kappa shape index (κ3) is 5.02. The van der Waals surface area contributed by atoms with E-state index in [4.69, 9.17) is 14.2 Å². The highest BCUT2D eigenvalue weighted by Gasteiger charge is 2.40. The van der Waals surface area contributed by atoms with Gasteiger partial charge in [0.1, 0.15) is 6.10 Å². The lowest BCUT2D eigenvalue weighted by molar-refractivity contribution is -0.180. The molecule has 0 aromatic carbocycles. The molecule has 0 aromatic rings. The fourth-order valence-corrected chi connectivity index (χ4v) is 2.12. The van der Waals surface area contributed by atoms with Crippen LogP contribution in [0.4, 0.5) is 0 Å². The highest BCUT2D eigenvalue weighted by atomic mass is 16.6. The number of carbonyl (C=O) groups excluding carboxylic acids is 4. The van der Waals surface area contributed by atoms with E-state index in [9.17, 15) is 19.2 Å². The molecule has 1 rings (SSSR count). The van der Waals surface area contributed by atoms with Crippen molar-refractivity contribution in [3.63, 3.8) is 0 Å². The van der Waals surface area contributed by atoms with Crippen LogP contribution < -0.4 is 0 Å². The van der Waals surface area contributed by atoms with Gasteiger partial charge in [-0.15, -0.1) is 0 Å². The van der Waals surface area contributed by atoms with Crippen molar-refractivity contribution in [2.75, 3.05) is 0 Å². The molecule has 0 unspecified atom stereocenters. The fraction of sp³-hybridized carbons (Fsp3) is 0.571. The van der Waals surface area contributed by atoms with Crippen LogP contribution in [0.25, 0.3) is 0 Å². The predicted octanol–water partition coefficient (Wildman–Crippen LogP) is 0.701. The summed E-state index contributed by atoms with van der Waals surface area (Å²) in [4.78, 5) is 45.1. The van der Waals surface area contributed by atoms with Crippen LogP contribution in [-0.4, -0.2) is 42.0 Å². The number of hydrogen-bond donors (Lipinski definition) is 0. The van der Waals surface area contributed by atoms with E-state index >= 15 is 0 Å². The Labute approximate surface area is 122 Å². The van der Waals surface area contributed by atoms with Gasteiger partial charge >= 0.3 is 17.9 Å². The first-order chi connectivity index (χ1) is 9.70. The van der Waals surface area contributed by atoms with Crippen LogP contribution in [0.15, 0.2) is 11.6 Å². The molecule has 0 spiro atoms. The van der Waals surface area contributed by atoms with Gasteiger partial charge in [-0.25, -0.2) is 0 Å². The summed E-state index contributed by atoms with van der Waals surface area (Å²) in [6.07, 6.45) is -1.29. The van der Waals surface area contributed by atoms with Crippen LogP contribution in [0.3, 0.4) is 0 Å². The molecule has 0 radical (unpaired) electrons. The summed E-state index contributed by atoms with van der Waals surface area (Å²) in [7, 11) is 0. The van der Waals surface area contributed by atoms with Gasteiger partial charge in [0.2, 0.25) is 0 Å². The van der Waals surface area contributed by atoms with E-state index in [0.717, 1.165) is 0 Å². The van der Waals surface area contributed by atoms with Gasteiger partial charge in [0, 0.05) is 27.2 Å². The van der Waals surface area contributed by atoms with Crippen molar-refractivity contribution < 1.29 is 33.4 Å². The van der Waals surface area contributed by atoms with Gasteiger partial charge in [-0.05, 0) is 18.6 Å². The van der Waals surface area contributed by atoms with Gasteiger partial charge in [-0.2, -0.15) is 0 Å². The second kappa shape index (κ2) is 7.01. The molecule has 0 N–H and O–H groups in total.